The molecule has 0 saturated carbocycles. The molecule has 0 radical (unpaired) electrons. The summed E-state index contributed by atoms with van der Waals surface area (Å²) in [5.74, 6) is -0.575. The van der Waals surface area contributed by atoms with Gasteiger partial charge in [-0.25, -0.2) is 4.39 Å². The number of halogens is 1. The predicted molar refractivity (Wildman–Crippen MR) is 59.6 cm³/mol. The van der Waals surface area contributed by atoms with Crippen molar-refractivity contribution in [3.05, 3.63) is 39.7 Å². The Morgan fingerprint density at radius 2 is 2.19 bits per heavy atom. The molecule has 0 spiro atoms. The minimum absolute atomic E-state index is 0.0577. The van der Waals surface area contributed by atoms with Crippen LogP contribution < -0.4 is 5.73 Å². The molecule has 88 valence electrons. The summed E-state index contributed by atoms with van der Waals surface area (Å²) in [6, 6.07) is 3.69. The molecule has 1 unspecified atom stereocenters. The lowest BCUT2D eigenvalue weighted by Crippen LogP contribution is -2.19. The molecule has 16 heavy (non-hydrogen) atoms. The molecule has 0 aliphatic rings. The van der Waals surface area contributed by atoms with Crippen molar-refractivity contribution in [2.75, 3.05) is 0 Å². The number of aryl methyl sites for hydroxylation is 1. The van der Waals surface area contributed by atoms with Crippen molar-refractivity contribution in [3.63, 3.8) is 0 Å². The van der Waals surface area contributed by atoms with Gasteiger partial charge in [0.1, 0.15) is 5.82 Å². The number of benzene rings is 1. The minimum Gasteiger partial charge on any atom is -0.328 e. The van der Waals surface area contributed by atoms with Crippen molar-refractivity contribution in [2.45, 2.75) is 32.2 Å². The van der Waals surface area contributed by atoms with Gasteiger partial charge in [-0.2, -0.15) is 0 Å². The standard InChI is InChI=1S/C11H15FN2O2/c1-2-10(13)4-3-8-5-9(12)7-11(6-8)14(15)16/h5-7,10H,2-4,13H2,1H3. The Labute approximate surface area is 93.4 Å². The Morgan fingerprint density at radius 1 is 1.50 bits per heavy atom. The first-order valence-corrected chi connectivity index (χ1v) is 5.22. The van der Waals surface area contributed by atoms with Gasteiger partial charge in [0.2, 0.25) is 0 Å². The van der Waals surface area contributed by atoms with Gasteiger partial charge in [0.15, 0.2) is 0 Å². The van der Waals surface area contributed by atoms with Crippen LogP contribution >= 0.6 is 0 Å². The van der Waals surface area contributed by atoms with E-state index < -0.39 is 10.7 Å². The van der Waals surface area contributed by atoms with Crippen molar-refractivity contribution in [1.29, 1.82) is 0 Å². The zero-order valence-corrected chi connectivity index (χ0v) is 9.15. The molecular weight excluding hydrogens is 211 g/mol. The van der Waals surface area contributed by atoms with Gasteiger partial charge < -0.3 is 5.73 Å². The van der Waals surface area contributed by atoms with E-state index in [1.54, 1.807) is 0 Å². The van der Waals surface area contributed by atoms with E-state index in [4.69, 9.17) is 5.73 Å². The van der Waals surface area contributed by atoms with Gasteiger partial charge in [-0.3, -0.25) is 10.1 Å². The maximum absolute atomic E-state index is 13.1. The third-order valence-electron chi connectivity index (χ3n) is 2.48. The normalized spacial score (nSPS) is 12.4. The van der Waals surface area contributed by atoms with E-state index in [1.165, 1.54) is 12.1 Å². The highest BCUT2D eigenvalue weighted by molar-refractivity contribution is 5.35. The average Bonchev–Trinajstić information content (AvgIpc) is 2.25. The molecule has 1 rings (SSSR count). The van der Waals surface area contributed by atoms with Crippen LogP contribution in [0.15, 0.2) is 18.2 Å². The molecule has 0 aromatic heterocycles. The molecule has 0 bridgehead atoms. The molecule has 4 nitrogen and oxygen atoms in total. The largest absolute Gasteiger partial charge is 0.328 e. The average molecular weight is 226 g/mol. The second kappa shape index (κ2) is 5.55. The molecule has 2 N–H and O–H groups in total. The van der Waals surface area contributed by atoms with E-state index in [-0.39, 0.29) is 11.7 Å². The first-order valence-electron chi connectivity index (χ1n) is 5.22. The summed E-state index contributed by atoms with van der Waals surface area (Å²) >= 11 is 0. The lowest BCUT2D eigenvalue weighted by Gasteiger charge is -2.08. The summed E-state index contributed by atoms with van der Waals surface area (Å²) in [4.78, 5) is 9.92. The van der Waals surface area contributed by atoms with Gasteiger partial charge >= 0.3 is 0 Å². The Balaban J connectivity index is 2.76. The van der Waals surface area contributed by atoms with Crippen LogP contribution in [-0.2, 0) is 6.42 Å². The van der Waals surface area contributed by atoms with Crippen LogP contribution in [0, 0.1) is 15.9 Å². The van der Waals surface area contributed by atoms with Gasteiger partial charge in [-0.15, -0.1) is 0 Å². The Hall–Kier alpha value is -1.49. The minimum atomic E-state index is -0.591. The zero-order valence-electron chi connectivity index (χ0n) is 9.15. The van der Waals surface area contributed by atoms with Crippen LogP contribution in [0.3, 0.4) is 0 Å². The van der Waals surface area contributed by atoms with Gasteiger partial charge in [0, 0.05) is 12.1 Å². The number of hydrogen-bond donors (Lipinski definition) is 1. The highest BCUT2D eigenvalue weighted by atomic mass is 19.1. The van der Waals surface area contributed by atoms with E-state index in [1.807, 2.05) is 6.92 Å². The maximum atomic E-state index is 13.1. The number of nitrogens with zero attached hydrogens (tertiary/aromatic N) is 1. The van der Waals surface area contributed by atoms with Crippen LogP contribution in [-0.4, -0.2) is 11.0 Å². The van der Waals surface area contributed by atoms with E-state index in [2.05, 4.69) is 0 Å². The van der Waals surface area contributed by atoms with Crippen molar-refractivity contribution in [2.24, 2.45) is 5.73 Å². The first kappa shape index (κ1) is 12.6. The maximum Gasteiger partial charge on any atom is 0.272 e. The SMILES string of the molecule is CCC(N)CCc1cc(F)cc([N+](=O)[O-])c1. The van der Waals surface area contributed by atoms with Crippen LogP contribution in [0.2, 0.25) is 0 Å². The molecule has 1 atom stereocenters. The lowest BCUT2D eigenvalue weighted by molar-refractivity contribution is -0.385. The number of rotatable bonds is 5. The number of nitro benzene ring substituents is 1. The van der Waals surface area contributed by atoms with Gasteiger partial charge in [0.05, 0.1) is 11.0 Å². The third kappa shape index (κ3) is 3.58. The van der Waals surface area contributed by atoms with Crippen LogP contribution in [0.1, 0.15) is 25.3 Å². The number of non-ortho nitro benzene ring substituents is 1. The van der Waals surface area contributed by atoms with E-state index in [9.17, 15) is 14.5 Å². The van der Waals surface area contributed by atoms with Crippen molar-refractivity contribution in [1.82, 2.24) is 0 Å². The zero-order chi connectivity index (χ0) is 12.1. The van der Waals surface area contributed by atoms with Crippen LogP contribution in [0.25, 0.3) is 0 Å². The van der Waals surface area contributed by atoms with Gasteiger partial charge in [0.25, 0.3) is 5.69 Å². The summed E-state index contributed by atoms with van der Waals surface area (Å²) in [5, 5.41) is 10.5. The fourth-order valence-electron chi connectivity index (χ4n) is 1.44. The second-order valence-corrected chi connectivity index (χ2v) is 3.78. The summed E-state index contributed by atoms with van der Waals surface area (Å²) in [6.07, 6.45) is 2.11. The van der Waals surface area contributed by atoms with E-state index in [0.29, 0.717) is 18.4 Å². The molecular formula is C11H15FN2O2. The fraction of sp³-hybridized carbons (Fsp3) is 0.455. The van der Waals surface area contributed by atoms with E-state index >= 15 is 0 Å². The topological polar surface area (TPSA) is 69.2 Å². The summed E-state index contributed by atoms with van der Waals surface area (Å²) in [6.45, 7) is 1.97. The highest BCUT2D eigenvalue weighted by Crippen LogP contribution is 2.17. The molecule has 0 fully saturated rings. The highest BCUT2D eigenvalue weighted by Gasteiger charge is 2.10. The first-order chi connectivity index (χ1) is 7.52. The predicted octanol–water partition coefficient (Wildman–Crippen LogP) is 2.40. The number of hydrogen-bond acceptors (Lipinski definition) is 3. The lowest BCUT2D eigenvalue weighted by atomic mass is 10.0. The van der Waals surface area contributed by atoms with E-state index in [0.717, 1.165) is 12.5 Å². The Kier molecular flexibility index (Phi) is 4.37. The molecule has 1 aromatic rings. The summed E-state index contributed by atoms with van der Waals surface area (Å²) < 4.78 is 13.1. The number of nitrogens with two attached hydrogens (primary N) is 1. The molecule has 0 saturated heterocycles. The monoisotopic (exact) mass is 226 g/mol. The van der Waals surface area contributed by atoms with Crippen LogP contribution in [0.5, 0.6) is 0 Å². The van der Waals surface area contributed by atoms with Crippen molar-refractivity contribution < 1.29 is 9.31 Å². The molecule has 1 aromatic carbocycles. The fourth-order valence-corrected chi connectivity index (χ4v) is 1.44. The van der Waals surface area contributed by atoms with Gasteiger partial charge in [-0.05, 0) is 30.9 Å². The third-order valence-corrected chi connectivity index (χ3v) is 2.48. The quantitative estimate of drug-likeness (QED) is 0.619. The Bertz CT molecular complexity index is 382. The number of nitro groups is 1. The molecule has 0 amide bonds. The van der Waals surface area contributed by atoms with Crippen molar-refractivity contribution >= 4 is 5.69 Å². The van der Waals surface area contributed by atoms with Crippen molar-refractivity contribution in [3.8, 4) is 0 Å². The summed E-state index contributed by atoms with van der Waals surface area (Å²) in [5.41, 5.74) is 6.14. The molecule has 0 heterocycles. The molecule has 5 heteroatoms. The second-order valence-electron chi connectivity index (χ2n) is 3.78. The summed E-state index contributed by atoms with van der Waals surface area (Å²) in [7, 11) is 0. The molecule has 0 aliphatic heterocycles. The molecule has 0 aliphatic carbocycles. The van der Waals surface area contributed by atoms with Crippen LogP contribution in [0.4, 0.5) is 10.1 Å². The van der Waals surface area contributed by atoms with Gasteiger partial charge in [-0.1, -0.05) is 6.92 Å². The smallest absolute Gasteiger partial charge is 0.272 e. The Morgan fingerprint density at radius 3 is 2.75 bits per heavy atom.